The zero-order valence-electron chi connectivity index (χ0n) is 25.6. The minimum Gasteiger partial charge on any atom is -0.480 e. The van der Waals surface area contributed by atoms with Gasteiger partial charge < -0.3 is 34.5 Å². The van der Waals surface area contributed by atoms with E-state index in [0.29, 0.717) is 12.0 Å². The molecule has 0 spiro atoms. The number of hydrogen-bond acceptors (Lipinski definition) is 10. The molecule has 11 nitrogen and oxygen atoms in total. The largest absolute Gasteiger partial charge is 0.514 e. The van der Waals surface area contributed by atoms with Gasteiger partial charge in [-0.15, -0.1) is 0 Å². The lowest BCUT2D eigenvalue weighted by molar-refractivity contribution is -0.153. The summed E-state index contributed by atoms with van der Waals surface area (Å²) in [5.74, 6) is -1.96. The lowest BCUT2D eigenvalue weighted by Crippen LogP contribution is -2.52. The molecule has 0 aliphatic rings. The molecule has 3 unspecified atom stereocenters. The van der Waals surface area contributed by atoms with Gasteiger partial charge in [-0.25, -0.2) is 9.59 Å². The predicted molar refractivity (Wildman–Crippen MR) is 152 cm³/mol. The summed E-state index contributed by atoms with van der Waals surface area (Å²) >= 11 is 0. The monoisotopic (exact) mass is 581 g/mol. The number of unbranched alkanes of at least 4 members (excludes halogenated alkanes) is 2. The van der Waals surface area contributed by atoms with Gasteiger partial charge >= 0.3 is 24.2 Å². The molecule has 1 aromatic rings. The van der Waals surface area contributed by atoms with Crippen LogP contribution in [0.2, 0.25) is 0 Å². The molecule has 41 heavy (non-hydrogen) atoms. The first-order chi connectivity index (χ1) is 19.1. The molecule has 0 fully saturated rings. The molecule has 0 heterocycles. The zero-order chi connectivity index (χ0) is 31.3. The van der Waals surface area contributed by atoms with Crippen molar-refractivity contribution >= 4 is 24.2 Å². The van der Waals surface area contributed by atoms with Crippen molar-refractivity contribution in [3.63, 3.8) is 0 Å². The van der Waals surface area contributed by atoms with E-state index < -0.39 is 48.1 Å². The smallest absolute Gasteiger partial charge is 0.480 e. The maximum Gasteiger partial charge on any atom is 0.514 e. The molecule has 0 saturated heterocycles. The first kappa shape index (κ1) is 35.7. The van der Waals surface area contributed by atoms with Gasteiger partial charge in [-0.1, -0.05) is 53.5 Å². The average molecular weight is 582 g/mol. The standard InChI is InChI=1S/C30H47NO10/c1-9-10-11-12-26(32)37-20(6)16-30(31,27(33)34)17-23-13-14-24(40-28(35)38-21(7)18(2)3)25(15-23)41-29(36)39-22(8)19(4)5/h13-15,18-22H,9-12,16-17,31H2,1-8H3,(H,33,34)/t20-,21?,22?,30?/m0/s1. The summed E-state index contributed by atoms with van der Waals surface area (Å²) in [4.78, 5) is 49.2. The maximum absolute atomic E-state index is 12.5. The summed E-state index contributed by atoms with van der Waals surface area (Å²) in [6.45, 7) is 14.5. The van der Waals surface area contributed by atoms with Crippen LogP contribution in [0.1, 0.15) is 93.1 Å². The number of aliphatic carboxylic acids is 1. The molecule has 11 heteroatoms. The number of carboxylic acids is 1. The molecule has 3 N–H and O–H groups in total. The number of nitrogens with two attached hydrogens (primary N) is 1. The van der Waals surface area contributed by atoms with Crippen LogP contribution >= 0.6 is 0 Å². The van der Waals surface area contributed by atoms with Gasteiger partial charge in [0.2, 0.25) is 0 Å². The lowest BCUT2D eigenvalue weighted by atomic mass is 9.86. The zero-order valence-corrected chi connectivity index (χ0v) is 25.6. The predicted octanol–water partition coefficient (Wildman–Crippen LogP) is 6.03. The van der Waals surface area contributed by atoms with Crippen molar-refractivity contribution in [2.24, 2.45) is 17.6 Å². The first-order valence-electron chi connectivity index (χ1n) is 14.2. The first-order valence-corrected chi connectivity index (χ1v) is 14.2. The van der Waals surface area contributed by atoms with Crippen molar-refractivity contribution in [2.75, 3.05) is 0 Å². The fourth-order valence-corrected chi connectivity index (χ4v) is 3.59. The highest BCUT2D eigenvalue weighted by atomic mass is 16.7. The van der Waals surface area contributed by atoms with Crippen LogP contribution in [0.25, 0.3) is 0 Å². The third-order valence-corrected chi connectivity index (χ3v) is 6.75. The van der Waals surface area contributed by atoms with Gasteiger partial charge in [0.1, 0.15) is 23.9 Å². The van der Waals surface area contributed by atoms with Crippen molar-refractivity contribution in [3.05, 3.63) is 23.8 Å². The third-order valence-electron chi connectivity index (χ3n) is 6.75. The summed E-state index contributed by atoms with van der Waals surface area (Å²) in [5, 5.41) is 9.96. The average Bonchev–Trinajstić information content (AvgIpc) is 2.85. The fourth-order valence-electron chi connectivity index (χ4n) is 3.59. The van der Waals surface area contributed by atoms with Crippen molar-refractivity contribution in [1.29, 1.82) is 0 Å². The van der Waals surface area contributed by atoms with Gasteiger partial charge in [-0.2, -0.15) is 0 Å². The highest BCUT2D eigenvalue weighted by molar-refractivity contribution is 5.79. The molecule has 0 aromatic heterocycles. The molecule has 1 aromatic carbocycles. The maximum atomic E-state index is 12.5. The van der Waals surface area contributed by atoms with Crippen molar-refractivity contribution < 1.29 is 48.0 Å². The third kappa shape index (κ3) is 12.8. The highest BCUT2D eigenvalue weighted by Gasteiger charge is 2.37. The van der Waals surface area contributed by atoms with E-state index in [9.17, 15) is 24.3 Å². The fraction of sp³-hybridized carbons (Fsp3) is 0.667. The summed E-state index contributed by atoms with van der Waals surface area (Å²) in [5.41, 5.74) is 4.84. The lowest BCUT2D eigenvalue weighted by Gasteiger charge is -2.28. The number of esters is 1. The number of rotatable bonds is 16. The van der Waals surface area contributed by atoms with Gasteiger partial charge in [0.25, 0.3) is 0 Å². The van der Waals surface area contributed by atoms with Gasteiger partial charge in [-0.05, 0) is 56.7 Å². The second kappa shape index (κ2) is 16.8. The van der Waals surface area contributed by atoms with E-state index in [1.54, 1.807) is 20.8 Å². The van der Waals surface area contributed by atoms with Crippen LogP contribution in [-0.4, -0.2) is 53.2 Å². The van der Waals surface area contributed by atoms with Crippen molar-refractivity contribution in [2.45, 2.75) is 118 Å². The van der Waals surface area contributed by atoms with Gasteiger partial charge in [0, 0.05) is 19.3 Å². The van der Waals surface area contributed by atoms with Gasteiger partial charge in [-0.3, -0.25) is 9.59 Å². The van der Waals surface area contributed by atoms with Crippen LogP contribution in [0.4, 0.5) is 9.59 Å². The minimum atomic E-state index is -1.82. The second-order valence-corrected chi connectivity index (χ2v) is 11.2. The van der Waals surface area contributed by atoms with E-state index in [-0.39, 0.29) is 42.6 Å². The number of benzene rings is 1. The Morgan fingerprint density at radius 2 is 1.37 bits per heavy atom. The molecule has 0 saturated carbocycles. The molecule has 0 radical (unpaired) electrons. The molecule has 0 amide bonds. The quantitative estimate of drug-likeness (QED) is 0.101. The Kier molecular flexibility index (Phi) is 14.6. The Morgan fingerprint density at radius 1 is 0.829 bits per heavy atom. The van der Waals surface area contributed by atoms with E-state index in [1.165, 1.54) is 18.2 Å². The topological polar surface area (TPSA) is 161 Å². The van der Waals surface area contributed by atoms with Crippen LogP contribution < -0.4 is 15.2 Å². The Hall–Kier alpha value is -3.34. The normalized spacial score (nSPS) is 14.9. The van der Waals surface area contributed by atoms with E-state index in [1.807, 2.05) is 34.6 Å². The van der Waals surface area contributed by atoms with Crippen molar-refractivity contribution in [3.8, 4) is 11.5 Å². The Bertz CT molecular complexity index is 1020. The van der Waals surface area contributed by atoms with E-state index in [2.05, 4.69) is 0 Å². The number of carbonyl (C=O) groups is 4. The summed E-state index contributed by atoms with van der Waals surface area (Å²) < 4.78 is 26.6. The summed E-state index contributed by atoms with van der Waals surface area (Å²) in [7, 11) is 0. The SMILES string of the molecule is CCCCCC(=O)O[C@@H](C)CC(N)(Cc1ccc(OC(=O)OC(C)C(C)C)c(OC(=O)OC(C)C(C)C)c1)C(=O)O. The van der Waals surface area contributed by atoms with Crippen LogP contribution in [-0.2, 0) is 30.2 Å². The van der Waals surface area contributed by atoms with Crippen LogP contribution in [0, 0.1) is 11.8 Å². The van der Waals surface area contributed by atoms with Gasteiger partial charge in [0.05, 0.1) is 0 Å². The van der Waals surface area contributed by atoms with E-state index >= 15 is 0 Å². The van der Waals surface area contributed by atoms with Crippen LogP contribution in [0.5, 0.6) is 11.5 Å². The molecule has 0 aliphatic heterocycles. The van der Waals surface area contributed by atoms with Gasteiger partial charge in [0.15, 0.2) is 11.5 Å². The molecular weight excluding hydrogens is 534 g/mol. The minimum absolute atomic E-state index is 0.0215. The summed E-state index contributed by atoms with van der Waals surface area (Å²) in [6, 6.07) is 4.20. The highest BCUT2D eigenvalue weighted by Crippen LogP contribution is 2.32. The van der Waals surface area contributed by atoms with E-state index in [0.717, 1.165) is 12.8 Å². The molecular formula is C30H47NO10. The van der Waals surface area contributed by atoms with E-state index in [4.69, 9.17) is 29.4 Å². The van der Waals surface area contributed by atoms with Crippen LogP contribution in [0.15, 0.2) is 18.2 Å². The number of carboxylic acid groups (broad SMARTS) is 1. The van der Waals surface area contributed by atoms with Crippen LogP contribution in [0.3, 0.4) is 0 Å². The Balaban J connectivity index is 3.19. The molecule has 1 rings (SSSR count). The Labute approximate surface area is 243 Å². The number of hydrogen-bond donors (Lipinski definition) is 2. The molecule has 0 aliphatic carbocycles. The van der Waals surface area contributed by atoms with Crippen molar-refractivity contribution in [1.82, 2.24) is 0 Å². The molecule has 4 atom stereocenters. The summed E-state index contributed by atoms with van der Waals surface area (Å²) in [6.07, 6.45) is -1.26. The Morgan fingerprint density at radius 3 is 1.85 bits per heavy atom. The molecule has 232 valence electrons. The second-order valence-electron chi connectivity index (χ2n) is 11.2. The molecule has 0 bridgehead atoms. The number of ether oxygens (including phenoxy) is 5. The number of carbonyl (C=O) groups excluding carboxylic acids is 3.